The number of carbonyl (C=O) groups excluding carboxylic acids is 2. The average molecular weight is 259 g/mol. The van der Waals surface area contributed by atoms with Crippen LogP contribution >= 0.6 is 11.6 Å². The van der Waals surface area contributed by atoms with Crippen molar-refractivity contribution in [2.24, 2.45) is 5.73 Å². The van der Waals surface area contributed by atoms with Crippen molar-refractivity contribution in [3.05, 3.63) is 18.1 Å². The molecule has 0 saturated carbocycles. The zero-order valence-corrected chi connectivity index (χ0v) is 9.85. The Kier molecular flexibility index (Phi) is 4.65. The second-order valence-corrected chi connectivity index (χ2v) is 3.28. The van der Waals surface area contributed by atoms with E-state index < -0.39 is 12.0 Å². The molecule has 0 bridgehead atoms. The fraction of sp³-hybridized carbons (Fsp3) is 0.333. The van der Waals surface area contributed by atoms with Gasteiger partial charge in [-0.25, -0.2) is 19.6 Å². The molecular weight excluding hydrogens is 248 g/mol. The summed E-state index contributed by atoms with van der Waals surface area (Å²) in [5.74, 6) is -0.512. The van der Waals surface area contributed by atoms with E-state index in [0.29, 0.717) is 0 Å². The van der Waals surface area contributed by atoms with Crippen molar-refractivity contribution in [2.75, 3.05) is 24.4 Å². The minimum atomic E-state index is -0.767. The SMILES string of the molecule is COC(=O)c1nccnc1N(CCCl)C(N)=O. The van der Waals surface area contributed by atoms with E-state index in [1.165, 1.54) is 19.5 Å². The molecule has 0 unspecified atom stereocenters. The van der Waals surface area contributed by atoms with E-state index in [9.17, 15) is 9.59 Å². The Hall–Kier alpha value is -1.89. The van der Waals surface area contributed by atoms with Crippen LogP contribution in [0.4, 0.5) is 10.6 Å². The summed E-state index contributed by atoms with van der Waals surface area (Å²) >= 11 is 5.54. The number of anilines is 1. The van der Waals surface area contributed by atoms with Crippen LogP contribution in [0, 0.1) is 0 Å². The number of aromatic nitrogens is 2. The second kappa shape index (κ2) is 6.00. The average Bonchev–Trinajstić information content (AvgIpc) is 2.34. The first-order chi connectivity index (χ1) is 8.11. The normalized spacial score (nSPS) is 9.76. The Labute approximate surface area is 103 Å². The van der Waals surface area contributed by atoms with Gasteiger partial charge in [-0.3, -0.25) is 4.90 Å². The smallest absolute Gasteiger partial charge is 0.360 e. The van der Waals surface area contributed by atoms with Crippen molar-refractivity contribution in [1.82, 2.24) is 9.97 Å². The molecule has 0 atom stereocenters. The molecule has 1 heterocycles. The monoisotopic (exact) mass is 258 g/mol. The van der Waals surface area contributed by atoms with Gasteiger partial charge in [-0.05, 0) is 0 Å². The van der Waals surface area contributed by atoms with Gasteiger partial charge in [0.05, 0.1) is 7.11 Å². The van der Waals surface area contributed by atoms with Gasteiger partial charge in [0.1, 0.15) is 0 Å². The Balaban J connectivity index is 3.18. The Morgan fingerprint density at radius 1 is 1.47 bits per heavy atom. The maximum atomic E-state index is 11.4. The molecule has 1 aromatic rings. The van der Waals surface area contributed by atoms with Crippen LogP contribution in [-0.2, 0) is 4.74 Å². The molecule has 0 fully saturated rings. The highest BCUT2D eigenvalue weighted by Crippen LogP contribution is 2.15. The van der Waals surface area contributed by atoms with E-state index >= 15 is 0 Å². The maximum Gasteiger partial charge on any atom is 0.360 e. The van der Waals surface area contributed by atoms with Crippen LogP contribution in [0.5, 0.6) is 0 Å². The minimum Gasteiger partial charge on any atom is -0.464 e. The van der Waals surface area contributed by atoms with Gasteiger partial charge in [-0.2, -0.15) is 0 Å². The lowest BCUT2D eigenvalue weighted by Crippen LogP contribution is -2.39. The van der Waals surface area contributed by atoms with E-state index in [1.807, 2.05) is 0 Å². The van der Waals surface area contributed by atoms with Crippen molar-refractivity contribution < 1.29 is 14.3 Å². The van der Waals surface area contributed by atoms with Gasteiger partial charge in [-0.1, -0.05) is 0 Å². The third kappa shape index (κ3) is 3.04. The molecule has 7 nitrogen and oxygen atoms in total. The number of alkyl halides is 1. The standard InChI is InChI=1S/C9H11ClN4O3/c1-17-8(15)6-7(13-4-3-12-6)14(5-2-10)9(11)16/h3-4H,2,5H2,1H3,(H2,11,16). The predicted octanol–water partition coefficient (Wildman–Crippen LogP) is 0.387. The zero-order chi connectivity index (χ0) is 12.8. The van der Waals surface area contributed by atoms with Crippen molar-refractivity contribution in [3.63, 3.8) is 0 Å². The summed E-state index contributed by atoms with van der Waals surface area (Å²) in [4.78, 5) is 31.4. The quantitative estimate of drug-likeness (QED) is 0.622. The molecule has 0 radical (unpaired) electrons. The minimum absolute atomic E-state index is 0.0347. The first-order valence-corrected chi connectivity index (χ1v) is 5.17. The fourth-order valence-corrected chi connectivity index (χ4v) is 1.34. The number of ether oxygens (including phenoxy) is 1. The largest absolute Gasteiger partial charge is 0.464 e. The molecule has 1 rings (SSSR count). The molecule has 0 aromatic carbocycles. The third-order valence-electron chi connectivity index (χ3n) is 1.89. The van der Waals surface area contributed by atoms with Crippen LogP contribution in [0.2, 0.25) is 0 Å². The molecule has 0 aliphatic heterocycles. The number of rotatable bonds is 4. The van der Waals surface area contributed by atoms with Gasteiger partial charge in [0.25, 0.3) is 0 Å². The number of hydrogen-bond donors (Lipinski definition) is 1. The first-order valence-electron chi connectivity index (χ1n) is 4.64. The van der Waals surface area contributed by atoms with Crippen LogP contribution in [0.3, 0.4) is 0 Å². The number of methoxy groups -OCH3 is 1. The van der Waals surface area contributed by atoms with Crippen LogP contribution in [0.25, 0.3) is 0 Å². The number of nitrogens with two attached hydrogens (primary N) is 1. The predicted molar refractivity (Wildman–Crippen MR) is 61.0 cm³/mol. The van der Waals surface area contributed by atoms with Gasteiger partial charge in [0.15, 0.2) is 11.5 Å². The summed E-state index contributed by atoms with van der Waals surface area (Å²) in [7, 11) is 1.21. The molecule has 2 amide bonds. The molecule has 1 aromatic heterocycles. The summed E-state index contributed by atoms with van der Waals surface area (Å²) in [5.41, 5.74) is 5.09. The molecule has 92 valence electrons. The lowest BCUT2D eigenvalue weighted by atomic mass is 10.3. The van der Waals surface area contributed by atoms with Crippen molar-refractivity contribution in [1.29, 1.82) is 0 Å². The fourth-order valence-electron chi connectivity index (χ4n) is 1.17. The van der Waals surface area contributed by atoms with Gasteiger partial charge >= 0.3 is 12.0 Å². The maximum absolute atomic E-state index is 11.4. The number of nitrogens with zero attached hydrogens (tertiary/aromatic N) is 3. The topological polar surface area (TPSA) is 98.4 Å². The summed E-state index contributed by atoms with van der Waals surface area (Å²) in [6.07, 6.45) is 2.65. The number of urea groups is 1. The van der Waals surface area contributed by atoms with Crippen molar-refractivity contribution >= 4 is 29.4 Å². The van der Waals surface area contributed by atoms with E-state index in [4.69, 9.17) is 17.3 Å². The van der Waals surface area contributed by atoms with Crippen LogP contribution in [0.1, 0.15) is 10.5 Å². The number of halogens is 1. The number of carbonyl (C=O) groups is 2. The highest BCUT2D eigenvalue weighted by molar-refractivity contribution is 6.18. The Morgan fingerprint density at radius 3 is 2.65 bits per heavy atom. The van der Waals surface area contributed by atoms with Crippen molar-refractivity contribution in [3.8, 4) is 0 Å². The second-order valence-electron chi connectivity index (χ2n) is 2.90. The highest BCUT2D eigenvalue weighted by Gasteiger charge is 2.22. The molecular formula is C9H11ClN4O3. The van der Waals surface area contributed by atoms with E-state index in [0.717, 1.165) is 4.90 Å². The summed E-state index contributed by atoms with van der Waals surface area (Å²) in [6, 6.07) is -0.767. The number of esters is 1. The number of primary amides is 1. The number of amides is 2. The van der Waals surface area contributed by atoms with Crippen molar-refractivity contribution in [2.45, 2.75) is 0 Å². The summed E-state index contributed by atoms with van der Waals surface area (Å²) < 4.78 is 4.53. The number of hydrogen-bond acceptors (Lipinski definition) is 5. The lowest BCUT2D eigenvalue weighted by molar-refractivity contribution is 0.0594. The molecule has 2 N–H and O–H groups in total. The Bertz CT molecular complexity index is 426. The van der Waals surface area contributed by atoms with Crippen LogP contribution in [0.15, 0.2) is 12.4 Å². The Morgan fingerprint density at radius 2 is 2.12 bits per heavy atom. The van der Waals surface area contributed by atoms with Gasteiger partial charge in [0, 0.05) is 24.8 Å². The summed E-state index contributed by atoms with van der Waals surface area (Å²) in [6.45, 7) is 0.125. The highest BCUT2D eigenvalue weighted by atomic mass is 35.5. The van der Waals surface area contributed by atoms with Crippen LogP contribution < -0.4 is 10.6 Å². The van der Waals surface area contributed by atoms with Gasteiger partial charge in [0.2, 0.25) is 0 Å². The molecule has 8 heteroatoms. The van der Waals surface area contributed by atoms with E-state index in [2.05, 4.69) is 14.7 Å². The van der Waals surface area contributed by atoms with Gasteiger partial charge < -0.3 is 10.5 Å². The van der Waals surface area contributed by atoms with Crippen LogP contribution in [-0.4, -0.2) is 41.5 Å². The molecule has 0 aliphatic rings. The van der Waals surface area contributed by atoms with E-state index in [1.54, 1.807) is 0 Å². The molecule has 0 aliphatic carbocycles. The van der Waals surface area contributed by atoms with Gasteiger partial charge in [-0.15, -0.1) is 11.6 Å². The molecule has 17 heavy (non-hydrogen) atoms. The first kappa shape index (κ1) is 13.2. The summed E-state index contributed by atoms with van der Waals surface area (Å²) in [5, 5.41) is 0. The lowest BCUT2D eigenvalue weighted by Gasteiger charge is -2.19. The molecule has 0 spiro atoms. The molecule has 0 saturated heterocycles. The van der Waals surface area contributed by atoms with E-state index in [-0.39, 0.29) is 23.9 Å². The third-order valence-corrected chi connectivity index (χ3v) is 2.06. The zero-order valence-electron chi connectivity index (χ0n) is 9.09.